The summed E-state index contributed by atoms with van der Waals surface area (Å²) in [6, 6.07) is 0.187. The number of Topliss-reactive ketones (excluding diaryl/α,β-unsaturated/α-hetero) is 1. The van der Waals surface area contributed by atoms with Gasteiger partial charge in [-0.15, -0.1) is 12.4 Å². The van der Waals surface area contributed by atoms with E-state index in [9.17, 15) is 9.59 Å². The van der Waals surface area contributed by atoms with Crippen LogP contribution >= 0.6 is 12.4 Å². The molecule has 1 atom stereocenters. The molecule has 2 heterocycles. The smallest absolute Gasteiger partial charge is 0.270 e. The van der Waals surface area contributed by atoms with Crippen molar-refractivity contribution in [2.45, 2.75) is 39.2 Å². The van der Waals surface area contributed by atoms with Crippen LogP contribution in [0.15, 0.2) is 0 Å². The van der Waals surface area contributed by atoms with E-state index in [2.05, 4.69) is 10.3 Å². The number of aromatic nitrogens is 1. The van der Waals surface area contributed by atoms with Gasteiger partial charge in [-0.3, -0.25) is 9.59 Å². The summed E-state index contributed by atoms with van der Waals surface area (Å²) in [7, 11) is 0. The molecule has 0 unspecified atom stereocenters. The molecule has 1 aliphatic heterocycles. The zero-order chi connectivity index (χ0) is 14.3. The number of rotatable bonds is 1. The molecule has 21 heavy (non-hydrogen) atoms. The molecule has 5 nitrogen and oxygen atoms in total. The van der Waals surface area contributed by atoms with Gasteiger partial charge in [0.2, 0.25) is 0 Å². The highest BCUT2D eigenvalue weighted by Gasteiger charge is 2.30. The Labute approximate surface area is 130 Å². The fraction of sp³-hybridized carbons (Fsp3) is 0.600. The molecule has 1 aromatic rings. The average Bonchev–Trinajstić information content (AvgIpc) is 2.77. The zero-order valence-electron chi connectivity index (χ0n) is 12.5. The summed E-state index contributed by atoms with van der Waals surface area (Å²) in [6.07, 6.45) is 2.35. The number of halogens is 1. The van der Waals surface area contributed by atoms with Crippen molar-refractivity contribution >= 4 is 24.1 Å². The number of ketones is 1. The molecule has 0 radical (unpaired) electrons. The molecule has 3 rings (SSSR count). The Morgan fingerprint density at radius 1 is 1.33 bits per heavy atom. The van der Waals surface area contributed by atoms with Crippen LogP contribution in [-0.4, -0.2) is 47.3 Å². The van der Waals surface area contributed by atoms with Gasteiger partial charge < -0.3 is 15.2 Å². The Morgan fingerprint density at radius 3 is 2.76 bits per heavy atom. The van der Waals surface area contributed by atoms with Crippen LogP contribution < -0.4 is 5.32 Å². The number of amides is 1. The Hall–Kier alpha value is -1.33. The first-order valence-electron chi connectivity index (χ1n) is 7.36. The van der Waals surface area contributed by atoms with Crippen molar-refractivity contribution in [3.8, 4) is 0 Å². The molecule has 6 heteroatoms. The van der Waals surface area contributed by atoms with Crippen molar-refractivity contribution < 1.29 is 9.59 Å². The minimum atomic E-state index is 0. The van der Waals surface area contributed by atoms with Crippen molar-refractivity contribution in [1.29, 1.82) is 0 Å². The number of aryl methyl sites for hydroxylation is 1. The minimum Gasteiger partial charge on any atom is -0.354 e. The number of nitrogens with one attached hydrogen (secondary N) is 2. The number of hydrogen-bond donors (Lipinski definition) is 2. The lowest BCUT2D eigenvalue weighted by Crippen LogP contribution is -2.52. The monoisotopic (exact) mass is 311 g/mol. The molecule has 1 aromatic heterocycles. The second-order valence-corrected chi connectivity index (χ2v) is 5.81. The van der Waals surface area contributed by atoms with Gasteiger partial charge >= 0.3 is 0 Å². The van der Waals surface area contributed by atoms with Crippen LogP contribution in [0.3, 0.4) is 0 Å². The highest BCUT2D eigenvalue weighted by molar-refractivity contribution is 6.04. The van der Waals surface area contributed by atoms with E-state index in [0.717, 1.165) is 49.3 Å². The van der Waals surface area contributed by atoms with E-state index in [4.69, 9.17) is 0 Å². The molecule has 116 valence electrons. The summed E-state index contributed by atoms with van der Waals surface area (Å²) < 4.78 is 0. The Kier molecular flexibility index (Phi) is 4.74. The van der Waals surface area contributed by atoms with Crippen LogP contribution in [0.1, 0.15) is 51.9 Å². The van der Waals surface area contributed by atoms with E-state index in [1.165, 1.54) is 0 Å². The average molecular weight is 312 g/mol. The van der Waals surface area contributed by atoms with Crippen LogP contribution in [0.2, 0.25) is 0 Å². The maximum Gasteiger partial charge on any atom is 0.270 e. The van der Waals surface area contributed by atoms with E-state index in [-0.39, 0.29) is 30.1 Å². The number of piperazine rings is 1. The van der Waals surface area contributed by atoms with Crippen LogP contribution in [0, 0.1) is 6.92 Å². The molecule has 1 saturated heterocycles. The Morgan fingerprint density at radius 2 is 2.10 bits per heavy atom. The summed E-state index contributed by atoms with van der Waals surface area (Å²) >= 11 is 0. The predicted molar refractivity (Wildman–Crippen MR) is 83.4 cm³/mol. The second kappa shape index (κ2) is 6.20. The van der Waals surface area contributed by atoms with Gasteiger partial charge in [0.1, 0.15) is 5.69 Å². The molecule has 0 spiro atoms. The van der Waals surface area contributed by atoms with Crippen molar-refractivity contribution in [3.05, 3.63) is 22.5 Å². The number of hydrogen-bond acceptors (Lipinski definition) is 3. The van der Waals surface area contributed by atoms with Gasteiger partial charge in [-0.25, -0.2) is 0 Å². The third-order valence-corrected chi connectivity index (χ3v) is 4.41. The first-order chi connectivity index (χ1) is 9.59. The summed E-state index contributed by atoms with van der Waals surface area (Å²) in [5.41, 5.74) is 3.16. The Balaban J connectivity index is 0.00000161. The number of aromatic amines is 1. The minimum absolute atomic E-state index is 0. The zero-order valence-corrected chi connectivity index (χ0v) is 13.3. The lowest BCUT2D eigenvalue weighted by Gasteiger charge is -2.33. The van der Waals surface area contributed by atoms with Crippen LogP contribution in [0.5, 0.6) is 0 Å². The highest BCUT2D eigenvalue weighted by Crippen LogP contribution is 2.27. The number of fused-ring (bicyclic) bond motifs is 1. The normalized spacial score (nSPS) is 21.7. The van der Waals surface area contributed by atoms with E-state index in [1.54, 1.807) is 0 Å². The van der Waals surface area contributed by atoms with Gasteiger partial charge in [0.05, 0.1) is 0 Å². The Bertz CT molecular complexity index is 568. The molecule has 1 fully saturated rings. The van der Waals surface area contributed by atoms with E-state index in [1.807, 2.05) is 18.7 Å². The number of H-pyrrole nitrogens is 1. The standard InChI is InChI=1S/C15H21N3O2.ClH/c1-9-8-16-6-7-18(9)15(20)14-10(2)13-11(17-14)4-3-5-12(13)19;/h9,16-17H,3-8H2,1-2H3;1H/t9-;/m1./s1. The summed E-state index contributed by atoms with van der Waals surface area (Å²) in [5.74, 6) is 0.200. The van der Waals surface area contributed by atoms with E-state index in [0.29, 0.717) is 12.1 Å². The van der Waals surface area contributed by atoms with Gasteiger partial charge in [0.25, 0.3) is 5.91 Å². The predicted octanol–water partition coefficient (Wildman–Crippen LogP) is 1.70. The van der Waals surface area contributed by atoms with Gasteiger partial charge in [-0.2, -0.15) is 0 Å². The molecule has 0 aromatic carbocycles. The van der Waals surface area contributed by atoms with E-state index >= 15 is 0 Å². The first-order valence-corrected chi connectivity index (χ1v) is 7.36. The molecular weight excluding hydrogens is 290 g/mol. The van der Waals surface area contributed by atoms with Crippen molar-refractivity contribution in [2.24, 2.45) is 0 Å². The van der Waals surface area contributed by atoms with Crippen LogP contribution in [0.25, 0.3) is 0 Å². The maximum absolute atomic E-state index is 12.7. The van der Waals surface area contributed by atoms with Crippen LogP contribution in [0.4, 0.5) is 0 Å². The van der Waals surface area contributed by atoms with Crippen LogP contribution in [-0.2, 0) is 6.42 Å². The van der Waals surface area contributed by atoms with Crippen molar-refractivity contribution in [1.82, 2.24) is 15.2 Å². The van der Waals surface area contributed by atoms with Crippen molar-refractivity contribution in [3.63, 3.8) is 0 Å². The third kappa shape index (κ3) is 2.72. The lowest BCUT2D eigenvalue weighted by molar-refractivity contribution is 0.0649. The summed E-state index contributed by atoms with van der Waals surface area (Å²) in [5, 5.41) is 3.28. The van der Waals surface area contributed by atoms with Crippen molar-refractivity contribution in [2.75, 3.05) is 19.6 Å². The fourth-order valence-corrected chi connectivity index (χ4v) is 3.27. The quantitative estimate of drug-likeness (QED) is 0.829. The largest absolute Gasteiger partial charge is 0.354 e. The van der Waals surface area contributed by atoms with Gasteiger partial charge in [0, 0.05) is 43.4 Å². The molecular formula is C15H22ClN3O2. The van der Waals surface area contributed by atoms with Gasteiger partial charge in [0.15, 0.2) is 5.78 Å². The molecule has 2 aliphatic rings. The highest BCUT2D eigenvalue weighted by atomic mass is 35.5. The molecule has 2 N–H and O–H groups in total. The van der Waals surface area contributed by atoms with Gasteiger partial charge in [-0.05, 0) is 32.3 Å². The molecule has 1 amide bonds. The SMILES string of the molecule is Cc1c(C(=O)N2CCNC[C@H]2C)[nH]c2c1C(=O)CCC2.Cl. The van der Waals surface area contributed by atoms with E-state index < -0.39 is 0 Å². The summed E-state index contributed by atoms with van der Waals surface area (Å²) in [6.45, 7) is 6.31. The number of carbonyl (C=O) groups excluding carboxylic acids is 2. The third-order valence-electron chi connectivity index (χ3n) is 4.41. The topological polar surface area (TPSA) is 65.2 Å². The molecule has 0 bridgehead atoms. The first kappa shape index (κ1) is 16.0. The second-order valence-electron chi connectivity index (χ2n) is 5.81. The summed E-state index contributed by atoms with van der Waals surface area (Å²) in [4.78, 5) is 29.9. The fourth-order valence-electron chi connectivity index (χ4n) is 3.27. The van der Waals surface area contributed by atoms with Gasteiger partial charge in [-0.1, -0.05) is 0 Å². The number of carbonyl (C=O) groups is 2. The number of nitrogens with zero attached hydrogens (tertiary/aromatic N) is 1. The lowest BCUT2D eigenvalue weighted by atomic mass is 9.93. The maximum atomic E-state index is 12.7. The molecule has 1 aliphatic carbocycles. The molecule has 0 saturated carbocycles.